The molecule has 1 saturated carbocycles. The first kappa shape index (κ1) is 17.8. The minimum Gasteiger partial charge on any atom is -0.468 e. The molecule has 0 radical (unpaired) electrons. The van der Waals surface area contributed by atoms with E-state index in [2.05, 4.69) is 19.2 Å². The van der Waals surface area contributed by atoms with Crippen LogP contribution in [0.25, 0.3) is 0 Å². The Morgan fingerprint density at radius 3 is 2.80 bits per heavy atom. The highest BCUT2D eigenvalue weighted by Gasteiger charge is 2.48. The lowest BCUT2D eigenvalue weighted by molar-refractivity contribution is -0.150. The molecule has 2 atom stereocenters. The van der Waals surface area contributed by atoms with Crippen molar-refractivity contribution in [3.63, 3.8) is 0 Å². The Balaban J connectivity index is 2.43. The van der Waals surface area contributed by atoms with Crippen molar-refractivity contribution in [2.75, 3.05) is 25.2 Å². The fourth-order valence-corrected chi connectivity index (χ4v) is 4.39. The van der Waals surface area contributed by atoms with Gasteiger partial charge in [0.2, 0.25) is 0 Å². The molecule has 0 heterocycles. The van der Waals surface area contributed by atoms with E-state index in [1.807, 2.05) is 11.8 Å². The molecular formula is C16H31NO2S. The molecule has 1 aliphatic rings. The summed E-state index contributed by atoms with van der Waals surface area (Å²) in [6.07, 6.45) is 8.28. The van der Waals surface area contributed by atoms with E-state index in [4.69, 9.17) is 4.74 Å². The summed E-state index contributed by atoms with van der Waals surface area (Å²) >= 11 is 2.04. The number of rotatable bonds is 10. The minimum absolute atomic E-state index is 0.0576. The topological polar surface area (TPSA) is 38.3 Å². The molecule has 0 aromatic rings. The molecule has 0 aromatic heterocycles. The van der Waals surface area contributed by atoms with Crippen molar-refractivity contribution in [1.82, 2.24) is 5.32 Å². The second-order valence-electron chi connectivity index (χ2n) is 5.69. The number of hydrogen-bond donors (Lipinski definition) is 1. The number of carbonyl (C=O) groups is 1. The molecule has 0 aromatic carbocycles. The second-order valence-corrected chi connectivity index (χ2v) is 6.92. The quantitative estimate of drug-likeness (QED) is 0.494. The number of nitrogens with one attached hydrogen (secondary N) is 1. The van der Waals surface area contributed by atoms with Crippen molar-refractivity contribution in [2.24, 2.45) is 5.92 Å². The Hall–Kier alpha value is -0.220. The van der Waals surface area contributed by atoms with Crippen molar-refractivity contribution < 1.29 is 9.53 Å². The Morgan fingerprint density at radius 1 is 1.35 bits per heavy atom. The van der Waals surface area contributed by atoms with Gasteiger partial charge in [-0.15, -0.1) is 0 Å². The van der Waals surface area contributed by atoms with Crippen LogP contribution in [0.15, 0.2) is 0 Å². The van der Waals surface area contributed by atoms with Crippen LogP contribution in [-0.4, -0.2) is 36.7 Å². The number of unbranched alkanes of at least 4 members (excludes halogenated alkanes) is 2. The third-order valence-corrected chi connectivity index (χ3v) is 5.47. The van der Waals surface area contributed by atoms with Crippen LogP contribution >= 0.6 is 11.8 Å². The van der Waals surface area contributed by atoms with Crippen LogP contribution in [-0.2, 0) is 9.53 Å². The summed E-state index contributed by atoms with van der Waals surface area (Å²) < 4.78 is 5.07. The molecule has 0 aliphatic heterocycles. The maximum atomic E-state index is 12.2. The Labute approximate surface area is 128 Å². The maximum Gasteiger partial charge on any atom is 0.326 e. The van der Waals surface area contributed by atoms with Crippen molar-refractivity contribution in [3.05, 3.63) is 0 Å². The van der Waals surface area contributed by atoms with Crippen molar-refractivity contribution >= 4 is 17.7 Å². The summed E-state index contributed by atoms with van der Waals surface area (Å²) in [6, 6.07) is 0. The highest BCUT2D eigenvalue weighted by Crippen LogP contribution is 2.39. The summed E-state index contributed by atoms with van der Waals surface area (Å²) in [5.74, 6) is 2.80. The molecule has 1 aliphatic carbocycles. The monoisotopic (exact) mass is 301 g/mol. The summed E-state index contributed by atoms with van der Waals surface area (Å²) in [5.41, 5.74) is -0.409. The SMILES string of the molecule is CCCCCSCCC1CCCC1(NCC)C(=O)OC. The van der Waals surface area contributed by atoms with Crippen LogP contribution in [0.5, 0.6) is 0 Å². The molecular weight excluding hydrogens is 270 g/mol. The van der Waals surface area contributed by atoms with E-state index in [1.165, 1.54) is 37.9 Å². The van der Waals surface area contributed by atoms with Crippen LogP contribution in [0.2, 0.25) is 0 Å². The molecule has 1 fully saturated rings. The van der Waals surface area contributed by atoms with Gasteiger partial charge in [0.25, 0.3) is 0 Å². The van der Waals surface area contributed by atoms with E-state index < -0.39 is 5.54 Å². The predicted octanol–water partition coefficient (Wildman–Crippen LogP) is 3.62. The van der Waals surface area contributed by atoms with Crippen LogP contribution in [0, 0.1) is 5.92 Å². The molecule has 20 heavy (non-hydrogen) atoms. The first-order valence-electron chi connectivity index (χ1n) is 8.12. The lowest BCUT2D eigenvalue weighted by Crippen LogP contribution is -2.55. The predicted molar refractivity (Wildman–Crippen MR) is 87.2 cm³/mol. The van der Waals surface area contributed by atoms with Gasteiger partial charge in [-0.25, -0.2) is 0 Å². The van der Waals surface area contributed by atoms with Gasteiger partial charge in [-0.1, -0.05) is 33.1 Å². The van der Waals surface area contributed by atoms with Gasteiger partial charge in [-0.05, 0) is 49.7 Å². The first-order valence-corrected chi connectivity index (χ1v) is 9.28. The zero-order valence-electron chi connectivity index (χ0n) is 13.4. The fraction of sp³-hybridized carbons (Fsp3) is 0.938. The number of esters is 1. The molecule has 0 amide bonds. The molecule has 0 saturated heterocycles. The van der Waals surface area contributed by atoms with E-state index in [9.17, 15) is 4.79 Å². The lowest BCUT2D eigenvalue weighted by atomic mass is 9.85. The Kier molecular flexibility index (Phi) is 8.62. The van der Waals surface area contributed by atoms with Gasteiger partial charge in [-0.3, -0.25) is 4.79 Å². The van der Waals surface area contributed by atoms with Gasteiger partial charge < -0.3 is 10.1 Å². The highest BCUT2D eigenvalue weighted by molar-refractivity contribution is 7.99. The van der Waals surface area contributed by atoms with Crippen molar-refractivity contribution in [2.45, 2.75) is 64.3 Å². The lowest BCUT2D eigenvalue weighted by Gasteiger charge is -2.33. The maximum absolute atomic E-state index is 12.2. The van der Waals surface area contributed by atoms with Gasteiger partial charge in [0.05, 0.1) is 7.11 Å². The zero-order valence-corrected chi connectivity index (χ0v) is 14.2. The van der Waals surface area contributed by atoms with E-state index in [1.54, 1.807) is 0 Å². The summed E-state index contributed by atoms with van der Waals surface area (Å²) in [5, 5.41) is 3.44. The minimum atomic E-state index is -0.409. The number of methoxy groups -OCH3 is 1. The Bertz CT molecular complexity index is 286. The first-order chi connectivity index (χ1) is 9.71. The second kappa shape index (κ2) is 9.67. The van der Waals surface area contributed by atoms with E-state index in [0.29, 0.717) is 5.92 Å². The number of ether oxygens (including phenoxy) is 1. The van der Waals surface area contributed by atoms with E-state index in [-0.39, 0.29) is 5.97 Å². The van der Waals surface area contributed by atoms with Crippen LogP contribution < -0.4 is 5.32 Å². The molecule has 1 rings (SSSR count). The molecule has 3 nitrogen and oxygen atoms in total. The fourth-order valence-electron chi connectivity index (χ4n) is 3.32. The molecule has 0 bridgehead atoms. The van der Waals surface area contributed by atoms with Crippen molar-refractivity contribution in [3.8, 4) is 0 Å². The molecule has 2 unspecified atom stereocenters. The normalized spacial score (nSPS) is 25.9. The molecule has 4 heteroatoms. The smallest absolute Gasteiger partial charge is 0.326 e. The molecule has 118 valence electrons. The van der Waals surface area contributed by atoms with E-state index >= 15 is 0 Å². The summed E-state index contributed by atoms with van der Waals surface area (Å²) in [7, 11) is 1.51. The standard InChI is InChI=1S/C16H31NO2S/c1-4-6-7-12-20-13-10-14-9-8-11-16(14,17-5-2)15(18)19-3/h14,17H,4-13H2,1-3H3. The van der Waals surface area contributed by atoms with Crippen LogP contribution in [0.1, 0.15) is 58.8 Å². The van der Waals surface area contributed by atoms with Gasteiger partial charge in [-0.2, -0.15) is 11.8 Å². The average molecular weight is 301 g/mol. The number of thioether (sulfide) groups is 1. The van der Waals surface area contributed by atoms with Gasteiger partial charge in [0.15, 0.2) is 0 Å². The highest BCUT2D eigenvalue weighted by atomic mass is 32.2. The van der Waals surface area contributed by atoms with Crippen molar-refractivity contribution in [1.29, 1.82) is 0 Å². The largest absolute Gasteiger partial charge is 0.468 e. The number of carbonyl (C=O) groups excluding carboxylic acids is 1. The Morgan fingerprint density at radius 2 is 2.15 bits per heavy atom. The van der Waals surface area contributed by atoms with Gasteiger partial charge in [0, 0.05) is 0 Å². The van der Waals surface area contributed by atoms with Gasteiger partial charge in [0.1, 0.15) is 5.54 Å². The zero-order chi connectivity index (χ0) is 14.8. The number of likely N-dealkylation sites (N-methyl/N-ethyl adjacent to an activating group) is 1. The molecule has 0 spiro atoms. The third-order valence-electron chi connectivity index (χ3n) is 4.37. The number of hydrogen-bond acceptors (Lipinski definition) is 4. The van der Waals surface area contributed by atoms with E-state index in [0.717, 1.165) is 32.2 Å². The average Bonchev–Trinajstić information content (AvgIpc) is 2.86. The van der Waals surface area contributed by atoms with Gasteiger partial charge >= 0.3 is 5.97 Å². The summed E-state index contributed by atoms with van der Waals surface area (Å²) in [6.45, 7) is 5.14. The summed E-state index contributed by atoms with van der Waals surface area (Å²) in [4.78, 5) is 12.2. The molecule has 1 N–H and O–H groups in total. The third kappa shape index (κ3) is 4.66. The van der Waals surface area contributed by atoms with Crippen LogP contribution in [0.4, 0.5) is 0 Å². The van der Waals surface area contributed by atoms with Crippen LogP contribution in [0.3, 0.4) is 0 Å².